The van der Waals surface area contributed by atoms with Gasteiger partial charge in [0, 0.05) is 18.2 Å². The van der Waals surface area contributed by atoms with Crippen molar-refractivity contribution in [3.63, 3.8) is 0 Å². The third-order valence-electron chi connectivity index (χ3n) is 2.59. The summed E-state index contributed by atoms with van der Waals surface area (Å²) < 4.78 is 9.78. The minimum Gasteiger partial charge on any atom is -0.497 e. The Morgan fingerprint density at radius 3 is 3.00 bits per heavy atom. The van der Waals surface area contributed by atoms with Gasteiger partial charge in [-0.2, -0.15) is 0 Å². The average Bonchev–Trinajstić information content (AvgIpc) is 2.76. The predicted molar refractivity (Wildman–Crippen MR) is 60.7 cm³/mol. The lowest BCUT2D eigenvalue weighted by Crippen LogP contribution is -2.26. The summed E-state index contributed by atoms with van der Waals surface area (Å²) >= 11 is 0. The normalized spacial score (nSPS) is 18.6. The lowest BCUT2D eigenvalue weighted by molar-refractivity contribution is -0.143. The van der Waals surface area contributed by atoms with Gasteiger partial charge in [0.25, 0.3) is 0 Å². The maximum Gasteiger partial charge on any atom is 0.318 e. The van der Waals surface area contributed by atoms with Gasteiger partial charge in [0.05, 0.1) is 13.7 Å². The second kappa shape index (κ2) is 4.86. The molecule has 5 heteroatoms. The number of methoxy groups -OCH3 is 1. The van der Waals surface area contributed by atoms with Crippen LogP contribution in [-0.4, -0.2) is 25.6 Å². The van der Waals surface area contributed by atoms with Crippen molar-refractivity contribution in [2.75, 3.05) is 19.0 Å². The van der Waals surface area contributed by atoms with E-state index in [4.69, 9.17) is 9.47 Å². The first-order chi connectivity index (χ1) is 8.20. The summed E-state index contributed by atoms with van der Waals surface area (Å²) in [5.41, 5.74) is 0.606. The molecule has 1 aromatic rings. The molecule has 0 radical (unpaired) electrons. The van der Waals surface area contributed by atoms with Crippen molar-refractivity contribution in [2.24, 2.45) is 5.92 Å². The molecule has 0 bridgehead atoms. The molecule has 1 heterocycles. The minimum atomic E-state index is -0.693. The summed E-state index contributed by atoms with van der Waals surface area (Å²) in [6.07, 6.45) is 0.439. The van der Waals surface area contributed by atoms with Crippen LogP contribution >= 0.6 is 0 Å². The van der Waals surface area contributed by atoms with Gasteiger partial charge in [-0.15, -0.1) is 0 Å². The monoisotopic (exact) mass is 235 g/mol. The molecule has 5 nitrogen and oxygen atoms in total. The van der Waals surface area contributed by atoms with E-state index in [1.165, 1.54) is 0 Å². The number of hydrogen-bond donors (Lipinski definition) is 1. The first-order valence-electron chi connectivity index (χ1n) is 5.32. The Morgan fingerprint density at radius 2 is 2.35 bits per heavy atom. The van der Waals surface area contributed by atoms with Crippen molar-refractivity contribution in [1.82, 2.24) is 0 Å². The highest BCUT2D eigenvalue weighted by Gasteiger charge is 2.33. The molecule has 2 rings (SSSR count). The van der Waals surface area contributed by atoms with Crippen LogP contribution in [-0.2, 0) is 14.3 Å². The smallest absolute Gasteiger partial charge is 0.318 e. The first kappa shape index (κ1) is 11.4. The van der Waals surface area contributed by atoms with Gasteiger partial charge in [0.2, 0.25) is 5.91 Å². The number of amides is 1. The van der Waals surface area contributed by atoms with Gasteiger partial charge < -0.3 is 14.8 Å². The van der Waals surface area contributed by atoms with E-state index < -0.39 is 11.9 Å². The second-order valence-electron chi connectivity index (χ2n) is 3.73. The van der Waals surface area contributed by atoms with Crippen molar-refractivity contribution in [1.29, 1.82) is 0 Å². The summed E-state index contributed by atoms with van der Waals surface area (Å²) in [5, 5.41) is 2.67. The van der Waals surface area contributed by atoms with E-state index in [-0.39, 0.29) is 5.91 Å². The molecule has 0 aromatic heterocycles. The topological polar surface area (TPSA) is 64.6 Å². The van der Waals surface area contributed by atoms with Crippen molar-refractivity contribution in [3.8, 4) is 5.75 Å². The number of esters is 1. The molecule has 17 heavy (non-hydrogen) atoms. The summed E-state index contributed by atoms with van der Waals surface area (Å²) in [7, 11) is 1.55. The molecular weight excluding hydrogens is 222 g/mol. The summed E-state index contributed by atoms with van der Waals surface area (Å²) in [4.78, 5) is 23.0. The zero-order chi connectivity index (χ0) is 12.3. The van der Waals surface area contributed by atoms with E-state index in [1.807, 2.05) is 0 Å². The number of ether oxygens (including phenoxy) is 2. The lowest BCUT2D eigenvalue weighted by Gasteiger charge is -2.08. The highest BCUT2D eigenvalue weighted by Crippen LogP contribution is 2.20. The number of carbonyl (C=O) groups excluding carboxylic acids is 2. The molecule has 1 aliphatic heterocycles. The quantitative estimate of drug-likeness (QED) is 0.631. The number of cyclic esters (lactones) is 1. The van der Waals surface area contributed by atoms with Crippen molar-refractivity contribution >= 4 is 17.6 Å². The Labute approximate surface area is 98.7 Å². The SMILES string of the molecule is COc1cccc(NC(=O)[C@@H]2CCOC2=O)c1. The van der Waals surface area contributed by atoms with Crippen LogP contribution in [0.4, 0.5) is 5.69 Å². The van der Waals surface area contributed by atoms with Crippen molar-refractivity contribution in [2.45, 2.75) is 6.42 Å². The fourth-order valence-electron chi connectivity index (χ4n) is 1.66. The summed E-state index contributed by atoms with van der Waals surface area (Å²) in [6.45, 7) is 0.315. The second-order valence-corrected chi connectivity index (χ2v) is 3.73. The van der Waals surface area contributed by atoms with E-state index in [9.17, 15) is 9.59 Å². The van der Waals surface area contributed by atoms with Gasteiger partial charge in [0.15, 0.2) is 0 Å². The molecule has 90 valence electrons. The van der Waals surface area contributed by atoms with Crippen molar-refractivity contribution in [3.05, 3.63) is 24.3 Å². The van der Waals surface area contributed by atoms with E-state index in [0.29, 0.717) is 24.5 Å². The Morgan fingerprint density at radius 1 is 1.53 bits per heavy atom. The lowest BCUT2D eigenvalue weighted by atomic mass is 10.1. The van der Waals surface area contributed by atoms with Crippen LogP contribution < -0.4 is 10.1 Å². The summed E-state index contributed by atoms with van der Waals surface area (Å²) in [6, 6.07) is 6.97. The molecule has 1 aliphatic rings. The number of nitrogens with one attached hydrogen (secondary N) is 1. The molecule has 0 spiro atoms. The van der Waals surface area contributed by atoms with Gasteiger partial charge >= 0.3 is 5.97 Å². The zero-order valence-electron chi connectivity index (χ0n) is 9.43. The van der Waals surface area contributed by atoms with Gasteiger partial charge in [-0.05, 0) is 12.1 Å². The van der Waals surface area contributed by atoms with Crippen LogP contribution in [0.15, 0.2) is 24.3 Å². The number of hydrogen-bond acceptors (Lipinski definition) is 4. The molecule has 1 fully saturated rings. The predicted octanol–water partition coefficient (Wildman–Crippen LogP) is 1.20. The van der Waals surface area contributed by atoms with Crippen LogP contribution in [0.25, 0.3) is 0 Å². The fourth-order valence-corrected chi connectivity index (χ4v) is 1.66. The van der Waals surface area contributed by atoms with Crippen LogP contribution in [0.3, 0.4) is 0 Å². The molecule has 1 aromatic carbocycles. The molecule has 1 amide bonds. The van der Waals surface area contributed by atoms with Crippen molar-refractivity contribution < 1.29 is 19.1 Å². The molecule has 0 saturated carbocycles. The van der Waals surface area contributed by atoms with Gasteiger partial charge in [-0.3, -0.25) is 9.59 Å². The maximum atomic E-state index is 11.8. The Kier molecular flexibility index (Phi) is 3.27. The molecule has 1 saturated heterocycles. The van der Waals surface area contributed by atoms with Gasteiger partial charge in [0.1, 0.15) is 11.7 Å². The minimum absolute atomic E-state index is 0.315. The highest BCUT2D eigenvalue weighted by molar-refractivity contribution is 6.05. The Bertz CT molecular complexity index is 444. The number of carbonyl (C=O) groups is 2. The van der Waals surface area contributed by atoms with E-state index in [0.717, 1.165) is 0 Å². The van der Waals surface area contributed by atoms with Crippen LogP contribution in [0.2, 0.25) is 0 Å². The third-order valence-corrected chi connectivity index (χ3v) is 2.59. The van der Waals surface area contributed by atoms with Crippen LogP contribution in [0.1, 0.15) is 6.42 Å². The average molecular weight is 235 g/mol. The largest absolute Gasteiger partial charge is 0.497 e. The van der Waals surface area contributed by atoms with E-state index >= 15 is 0 Å². The summed E-state index contributed by atoms with van der Waals surface area (Å²) in [5.74, 6) is -0.829. The number of rotatable bonds is 3. The highest BCUT2D eigenvalue weighted by atomic mass is 16.5. The maximum absolute atomic E-state index is 11.8. The third kappa shape index (κ3) is 2.55. The first-order valence-corrected chi connectivity index (χ1v) is 5.32. The van der Waals surface area contributed by atoms with Gasteiger partial charge in [-0.1, -0.05) is 6.07 Å². The standard InChI is InChI=1S/C12H13NO4/c1-16-9-4-2-3-8(7-9)13-11(14)10-5-6-17-12(10)15/h2-4,7,10H,5-6H2,1H3,(H,13,14)/t10-/m0/s1. The van der Waals surface area contributed by atoms with Crippen LogP contribution in [0.5, 0.6) is 5.75 Å². The molecule has 0 unspecified atom stereocenters. The Balaban J connectivity index is 2.04. The Hall–Kier alpha value is -2.04. The van der Waals surface area contributed by atoms with E-state index in [2.05, 4.69) is 5.32 Å². The zero-order valence-corrected chi connectivity index (χ0v) is 9.43. The molecular formula is C12H13NO4. The molecule has 1 atom stereocenters. The molecule has 0 aliphatic carbocycles. The van der Waals surface area contributed by atoms with Crippen LogP contribution in [0, 0.1) is 5.92 Å². The van der Waals surface area contributed by atoms with Gasteiger partial charge in [-0.25, -0.2) is 0 Å². The molecule has 1 N–H and O–H groups in total. The van der Waals surface area contributed by atoms with E-state index in [1.54, 1.807) is 31.4 Å². The number of benzene rings is 1. The number of anilines is 1. The fraction of sp³-hybridized carbons (Fsp3) is 0.333.